The third kappa shape index (κ3) is 3.44. The van der Waals surface area contributed by atoms with Crippen LogP contribution in [-0.4, -0.2) is 41.8 Å². The molecule has 1 aromatic carbocycles. The second-order valence-corrected chi connectivity index (χ2v) is 4.75. The lowest BCUT2D eigenvalue weighted by Crippen LogP contribution is -2.44. The second kappa shape index (κ2) is 6.52. The number of benzene rings is 1. The molecule has 0 saturated carbocycles. The van der Waals surface area contributed by atoms with Gasteiger partial charge in [0.25, 0.3) is 0 Å². The first-order chi connectivity index (χ1) is 9.22. The molecule has 0 unspecified atom stereocenters. The molecule has 2 amide bonds. The van der Waals surface area contributed by atoms with Crippen molar-refractivity contribution in [1.29, 1.82) is 0 Å². The second-order valence-electron chi connectivity index (χ2n) is 4.75. The van der Waals surface area contributed by atoms with Crippen LogP contribution in [-0.2, 0) is 6.42 Å². The lowest BCUT2D eigenvalue weighted by molar-refractivity contribution is 0.157. The van der Waals surface area contributed by atoms with Gasteiger partial charge in [-0.15, -0.1) is 0 Å². The highest BCUT2D eigenvalue weighted by Crippen LogP contribution is 2.16. The van der Waals surface area contributed by atoms with Crippen molar-refractivity contribution in [3.05, 3.63) is 35.6 Å². The number of hydrogen-bond acceptors (Lipinski definition) is 2. The zero-order valence-corrected chi connectivity index (χ0v) is 10.8. The van der Waals surface area contributed by atoms with Crippen LogP contribution in [0, 0.1) is 5.82 Å². The van der Waals surface area contributed by atoms with Gasteiger partial charge in [0.2, 0.25) is 0 Å². The molecule has 5 heteroatoms. The predicted octanol–water partition coefficient (Wildman–Crippen LogP) is 1.53. The molecule has 1 saturated heterocycles. The van der Waals surface area contributed by atoms with E-state index in [0.717, 1.165) is 12.8 Å². The van der Waals surface area contributed by atoms with E-state index in [9.17, 15) is 9.18 Å². The molecule has 0 aliphatic carbocycles. The van der Waals surface area contributed by atoms with Gasteiger partial charge in [0.15, 0.2) is 0 Å². The average molecular weight is 266 g/mol. The Kier molecular flexibility index (Phi) is 4.74. The summed E-state index contributed by atoms with van der Waals surface area (Å²) in [5.41, 5.74) is 0.600. The Bertz CT molecular complexity index is 439. The van der Waals surface area contributed by atoms with E-state index >= 15 is 0 Å². The molecule has 2 rings (SSSR count). The van der Waals surface area contributed by atoms with E-state index in [1.165, 1.54) is 6.07 Å². The van der Waals surface area contributed by atoms with Crippen LogP contribution in [0.4, 0.5) is 9.18 Å². The zero-order chi connectivity index (χ0) is 13.7. The summed E-state index contributed by atoms with van der Waals surface area (Å²) in [5.74, 6) is -0.244. The predicted molar refractivity (Wildman–Crippen MR) is 70.3 cm³/mol. The number of urea groups is 1. The smallest absolute Gasteiger partial charge is 0.317 e. The van der Waals surface area contributed by atoms with E-state index in [0.29, 0.717) is 25.1 Å². The fourth-order valence-electron chi connectivity index (χ4n) is 2.40. The SMILES string of the molecule is O=C(NCCc1ccccc1F)N1CCC[C@H]1CO. The molecule has 1 heterocycles. The number of amides is 2. The largest absolute Gasteiger partial charge is 0.394 e. The first-order valence-corrected chi connectivity index (χ1v) is 6.61. The van der Waals surface area contributed by atoms with Crippen molar-refractivity contribution in [2.45, 2.75) is 25.3 Å². The van der Waals surface area contributed by atoms with E-state index in [-0.39, 0.29) is 24.5 Å². The van der Waals surface area contributed by atoms with E-state index in [1.807, 2.05) is 0 Å². The van der Waals surface area contributed by atoms with Crippen LogP contribution in [0.1, 0.15) is 18.4 Å². The van der Waals surface area contributed by atoms with Gasteiger partial charge in [-0.3, -0.25) is 0 Å². The van der Waals surface area contributed by atoms with Crippen molar-refractivity contribution in [3.8, 4) is 0 Å². The molecular weight excluding hydrogens is 247 g/mol. The maximum Gasteiger partial charge on any atom is 0.317 e. The molecule has 1 aliphatic rings. The minimum Gasteiger partial charge on any atom is -0.394 e. The van der Waals surface area contributed by atoms with Crippen molar-refractivity contribution < 1.29 is 14.3 Å². The van der Waals surface area contributed by atoms with Crippen molar-refractivity contribution in [1.82, 2.24) is 10.2 Å². The summed E-state index contributed by atoms with van der Waals surface area (Å²) < 4.78 is 13.4. The van der Waals surface area contributed by atoms with E-state index in [2.05, 4.69) is 5.32 Å². The maximum absolute atomic E-state index is 13.4. The first-order valence-electron chi connectivity index (χ1n) is 6.61. The number of aliphatic hydroxyl groups is 1. The topological polar surface area (TPSA) is 52.6 Å². The minimum absolute atomic E-state index is 0.000728. The minimum atomic E-state index is -0.244. The van der Waals surface area contributed by atoms with Crippen molar-refractivity contribution >= 4 is 6.03 Å². The van der Waals surface area contributed by atoms with Crippen molar-refractivity contribution in [3.63, 3.8) is 0 Å². The zero-order valence-electron chi connectivity index (χ0n) is 10.8. The lowest BCUT2D eigenvalue weighted by atomic mass is 10.1. The molecule has 4 nitrogen and oxygen atoms in total. The van der Waals surface area contributed by atoms with Crippen LogP contribution in [0.5, 0.6) is 0 Å². The summed E-state index contributed by atoms with van der Waals surface area (Å²) in [6.07, 6.45) is 2.24. The summed E-state index contributed by atoms with van der Waals surface area (Å²) >= 11 is 0. The molecule has 2 N–H and O–H groups in total. The van der Waals surface area contributed by atoms with E-state index in [4.69, 9.17) is 5.11 Å². The van der Waals surface area contributed by atoms with Crippen molar-refractivity contribution in [2.75, 3.05) is 19.7 Å². The number of halogens is 1. The summed E-state index contributed by atoms with van der Waals surface area (Å²) in [5, 5.41) is 11.9. The quantitative estimate of drug-likeness (QED) is 0.868. The highest BCUT2D eigenvalue weighted by molar-refractivity contribution is 5.74. The Labute approximate surface area is 112 Å². The Morgan fingerprint density at radius 3 is 3.00 bits per heavy atom. The molecule has 1 atom stereocenters. The van der Waals surface area contributed by atoms with Crippen LogP contribution in [0.3, 0.4) is 0 Å². The van der Waals surface area contributed by atoms with Gasteiger partial charge in [-0.05, 0) is 30.9 Å². The van der Waals surface area contributed by atoms with Crippen LogP contribution < -0.4 is 5.32 Å². The summed E-state index contributed by atoms with van der Waals surface area (Å²) in [6, 6.07) is 6.31. The van der Waals surface area contributed by atoms with Gasteiger partial charge in [0.05, 0.1) is 12.6 Å². The number of nitrogens with one attached hydrogen (secondary N) is 1. The van der Waals surface area contributed by atoms with Gasteiger partial charge in [0.1, 0.15) is 5.82 Å². The van der Waals surface area contributed by atoms with Gasteiger partial charge >= 0.3 is 6.03 Å². The average Bonchev–Trinajstić information content (AvgIpc) is 2.89. The van der Waals surface area contributed by atoms with E-state index < -0.39 is 0 Å². The normalized spacial score (nSPS) is 18.6. The number of likely N-dealkylation sites (tertiary alicyclic amines) is 1. The molecule has 19 heavy (non-hydrogen) atoms. The standard InChI is InChI=1S/C14H19FN2O2/c15-13-6-2-1-4-11(13)7-8-16-14(19)17-9-3-5-12(17)10-18/h1-2,4,6,12,18H,3,5,7-10H2,(H,16,19)/t12-/m0/s1. The van der Waals surface area contributed by atoms with Gasteiger partial charge in [-0.25, -0.2) is 9.18 Å². The molecule has 1 aromatic rings. The highest BCUT2D eigenvalue weighted by Gasteiger charge is 2.27. The van der Waals surface area contributed by atoms with Crippen LogP contribution in [0.25, 0.3) is 0 Å². The summed E-state index contributed by atoms with van der Waals surface area (Å²) in [7, 11) is 0. The molecule has 1 fully saturated rings. The van der Waals surface area contributed by atoms with Crippen molar-refractivity contribution in [2.24, 2.45) is 0 Å². The number of carbonyl (C=O) groups excluding carboxylic acids is 1. The van der Waals surface area contributed by atoms with Crippen LogP contribution in [0.2, 0.25) is 0 Å². The third-order valence-electron chi connectivity index (χ3n) is 3.48. The molecular formula is C14H19FN2O2. The van der Waals surface area contributed by atoms with Gasteiger partial charge in [-0.1, -0.05) is 18.2 Å². The molecule has 0 radical (unpaired) electrons. The number of carbonyl (C=O) groups is 1. The first kappa shape index (κ1) is 13.8. The number of aliphatic hydroxyl groups excluding tert-OH is 1. The van der Waals surface area contributed by atoms with E-state index in [1.54, 1.807) is 23.1 Å². The maximum atomic E-state index is 13.4. The van der Waals surface area contributed by atoms with Gasteiger partial charge in [-0.2, -0.15) is 0 Å². The third-order valence-corrected chi connectivity index (χ3v) is 3.48. The number of hydrogen-bond donors (Lipinski definition) is 2. The number of nitrogens with zero attached hydrogens (tertiary/aromatic N) is 1. The number of rotatable bonds is 4. The van der Waals surface area contributed by atoms with Crippen LogP contribution >= 0.6 is 0 Å². The fourth-order valence-corrected chi connectivity index (χ4v) is 2.40. The summed E-state index contributed by atoms with van der Waals surface area (Å²) in [6.45, 7) is 1.08. The lowest BCUT2D eigenvalue weighted by Gasteiger charge is -2.23. The Morgan fingerprint density at radius 1 is 1.47 bits per heavy atom. The Balaban J connectivity index is 1.80. The fraction of sp³-hybridized carbons (Fsp3) is 0.500. The molecule has 0 spiro atoms. The Hall–Kier alpha value is -1.62. The molecule has 104 valence electrons. The van der Waals surface area contributed by atoms with Crippen LogP contribution in [0.15, 0.2) is 24.3 Å². The molecule has 0 aromatic heterocycles. The molecule has 0 bridgehead atoms. The van der Waals surface area contributed by atoms with Gasteiger partial charge < -0.3 is 15.3 Å². The van der Waals surface area contributed by atoms with Gasteiger partial charge in [0, 0.05) is 13.1 Å². The molecule has 1 aliphatic heterocycles. The monoisotopic (exact) mass is 266 g/mol. The summed E-state index contributed by atoms with van der Waals surface area (Å²) in [4.78, 5) is 13.6. The highest BCUT2D eigenvalue weighted by atomic mass is 19.1. The Morgan fingerprint density at radius 2 is 2.26 bits per heavy atom.